The molecule has 0 amide bonds. The molecule has 2 atom stereocenters. The van der Waals surface area contributed by atoms with E-state index in [0.717, 1.165) is 0 Å². The van der Waals surface area contributed by atoms with Crippen LogP contribution in [0.3, 0.4) is 0 Å². The Balaban J connectivity index is 2.58. The summed E-state index contributed by atoms with van der Waals surface area (Å²) in [5, 5.41) is 30.6. The first-order valence-electron chi connectivity index (χ1n) is 6.35. The van der Waals surface area contributed by atoms with E-state index in [9.17, 15) is 15.0 Å². The SMILES string of the molecule is CCn1cc(-c2c(C(=O)O)nnn2C(C)C(C)O)cn1. The summed E-state index contributed by atoms with van der Waals surface area (Å²) in [7, 11) is 0. The average molecular weight is 279 g/mol. The number of aliphatic hydroxyl groups is 1. The second kappa shape index (κ2) is 5.41. The molecule has 0 aliphatic carbocycles. The maximum Gasteiger partial charge on any atom is 0.358 e. The molecule has 0 fully saturated rings. The molecule has 0 aliphatic rings. The number of hydrogen-bond acceptors (Lipinski definition) is 5. The smallest absolute Gasteiger partial charge is 0.358 e. The molecule has 0 spiro atoms. The number of carbonyl (C=O) groups is 1. The van der Waals surface area contributed by atoms with Crippen LogP contribution < -0.4 is 0 Å². The summed E-state index contributed by atoms with van der Waals surface area (Å²) in [6.45, 7) is 5.98. The fourth-order valence-electron chi connectivity index (χ4n) is 1.85. The van der Waals surface area contributed by atoms with Crippen LogP contribution in [0.25, 0.3) is 11.3 Å². The monoisotopic (exact) mass is 279 g/mol. The van der Waals surface area contributed by atoms with E-state index in [1.54, 1.807) is 30.9 Å². The number of hydrogen-bond donors (Lipinski definition) is 2. The molecule has 0 saturated heterocycles. The highest BCUT2D eigenvalue weighted by Crippen LogP contribution is 2.26. The van der Waals surface area contributed by atoms with Gasteiger partial charge in [-0.15, -0.1) is 5.10 Å². The van der Waals surface area contributed by atoms with Crippen molar-refractivity contribution in [3.8, 4) is 11.3 Å². The van der Waals surface area contributed by atoms with Crippen LogP contribution >= 0.6 is 0 Å². The fraction of sp³-hybridized carbons (Fsp3) is 0.500. The van der Waals surface area contributed by atoms with Gasteiger partial charge in [0.1, 0.15) is 5.69 Å². The van der Waals surface area contributed by atoms with Gasteiger partial charge in [-0.2, -0.15) is 5.10 Å². The summed E-state index contributed by atoms with van der Waals surface area (Å²) in [6.07, 6.45) is 2.62. The normalized spacial score (nSPS) is 14.2. The lowest BCUT2D eigenvalue weighted by Gasteiger charge is -2.16. The molecule has 108 valence electrons. The first kappa shape index (κ1) is 14.2. The summed E-state index contributed by atoms with van der Waals surface area (Å²) in [6, 6.07) is -0.393. The highest BCUT2D eigenvalue weighted by Gasteiger charge is 2.25. The first-order chi connectivity index (χ1) is 9.45. The second-order valence-electron chi connectivity index (χ2n) is 4.60. The van der Waals surface area contributed by atoms with Gasteiger partial charge < -0.3 is 10.2 Å². The maximum absolute atomic E-state index is 11.3. The molecule has 2 aromatic rings. The predicted molar refractivity (Wildman–Crippen MR) is 70.3 cm³/mol. The van der Waals surface area contributed by atoms with E-state index >= 15 is 0 Å². The van der Waals surface area contributed by atoms with E-state index in [1.165, 1.54) is 4.68 Å². The van der Waals surface area contributed by atoms with Gasteiger partial charge in [-0.05, 0) is 20.8 Å². The lowest BCUT2D eigenvalue weighted by Crippen LogP contribution is -2.20. The minimum atomic E-state index is -1.16. The molecule has 20 heavy (non-hydrogen) atoms. The lowest BCUT2D eigenvalue weighted by molar-refractivity contribution is 0.0691. The van der Waals surface area contributed by atoms with E-state index in [-0.39, 0.29) is 5.69 Å². The van der Waals surface area contributed by atoms with Crippen molar-refractivity contribution in [3.05, 3.63) is 18.1 Å². The highest BCUT2D eigenvalue weighted by molar-refractivity contribution is 5.92. The molecule has 8 nitrogen and oxygen atoms in total. The summed E-state index contributed by atoms with van der Waals surface area (Å²) in [5.41, 5.74) is 0.820. The second-order valence-corrected chi connectivity index (χ2v) is 4.60. The Labute approximate surface area is 115 Å². The highest BCUT2D eigenvalue weighted by atomic mass is 16.4. The van der Waals surface area contributed by atoms with E-state index in [4.69, 9.17) is 0 Å². The molecule has 2 heterocycles. The number of aromatic nitrogens is 5. The number of aromatic carboxylic acids is 1. The number of nitrogens with zero attached hydrogens (tertiary/aromatic N) is 5. The van der Waals surface area contributed by atoms with E-state index in [1.807, 2.05) is 6.92 Å². The van der Waals surface area contributed by atoms with Crippen molar-refractivity contribution in [2.45, 2.75) is 39.5 Å². The van der Waals surface area contributed by atoms with E-state index < -0.39 is 18.1 Å². The van der Waals surface area contributed by atoms with Crippen LogP contribution in [0.5, 0.6) is 0 Å². The predicted octanol–water partition coefficient (Wildman–Crippen LogP) is 0.801. The van der Waals surface area contributed by atoms with Gasteiger partial charge in [-0.25, -0.2) is 9.48 Å². The van der Waals surface area contributed by atoms with Crippen LogP contribution in [0.2, 0.25) is 0 Å². The first-order valence-corrected chi connectivity index (χ1v) is 6.35. The largest absolute Gasteiger partial charge is 0.476 e. The van der Waals surface area contributed by atoms with Gasteiger partial charge in [0.05, 0.1) is 18.3 Å². The fourth-order valence-corrected chi connectivity index (χ4v) is 1.85. The third-order valence-electron chi connectivity index (χ3n) is 3.21. The minimum Gasteiger partial charge on any atom is -0.476 e. The average Bonchev–Trinajstić information content (AvgIpc) is 3.03. The third-order valence-corrected chi connectivity index (χ3v) is 3.21. The summed E-state index contributed by atoms with van der Waals surface area (Å²) in [5.74, 6) is -1.16. The molecule has 0 aliphatic heterocycles. The number of rotatable bonds is 5. The summed E-state index contributed by atoms with van der Waals surface area (Å²) < 4.78 is 3.11. The maximum atomic E-state index is 11.3. The lowest BCUT2D eigenvalue weighted by atomic mass is 10.1. The van der Waals surface area contributed by atoms with Gasteiger partial charge in [0.15, 0.2) is 5.69 Å². The quantitative estimate of drug-likeness (QED) is 0.838. The zero-order chi connectivity index (χ0) is 14.9. The molecule has 2 N–H and O–H groups in total. The number of aliphatic hydroxyl groups excluding tert-OH is 1. The van der Waals surface area contributed by atoms with Gasteiger partial charge in [-0.1, -0.05) is 5.21 Å². The molecule has 8 heteroatoms. The minimum absolute atomic E-state index is 0.145. The Morgan fingerprint density at radius 1 is 1.45 bits per heavy atom. The molecule has 2 unspecified atom stereocenters. The van der Waals surface area contributed by atoms with Crippen LogP contribution in [-0.2, 0) is 6.54 Å². The van der Waals surface area contributed by atoms with Crippen molar-refractivity contribution < 1.29 is 15.0 Å². The number of aryl methyl sites for hydroxylation is 1. The Kier molecular flexibility index (Phi) is 3.84. The Hall–Kier alpha value is -2.22. The van der Waals surface area contributed by atoms with Gasteiger partial charge in [0, 0.05) is 18.3 Å². The number of carboxylic acids is 1. The van der Waals surface area contributed by atoms with Crippen LogP contribution in [0, 0.1) is 0 Å². The van der Waals surface area contributed by atoms with Crippen molar-refractivity contribution in [2.75, 3.05) is 0 Å². The Morgan fingerprint density at radius 3 is 2.65 bits per heavy atom. The standard InChI is InChI=1S/C12H17N5O3/c1-4-16-6-9(5-13-16)11-10(12(19)20)14-15-17(11)7(2)8(3)18/h5-8,18H,4H2,1-3H3,(H,19,20). The molecular formula is C12H17N5O3. The van der Waals surface area contributed by atoms with Gasteiger partial charge in [0.25, 0.3) is 0 Å². The zero-order valence-electron chi connectivity index (χ0n) is 11.6. The molecule has 2 aromatic heterocycles. The van der Waals surface area contributed by atoms with E-state index in [0.29, 0.717) is 17.8 Å². The van der Waals surface area contributed by atoms with Crippen LogP contribution in [-0.4, -0.2) is 47.1 Å². The van der Waals surface area contributed by atoms with Crippen LogP contribution in [0.15, 0.2) is 12.4 Å². The Morgan fingerprint density at radius 2 is 2.15 bits per heavy atom. The van der Waals surface area contributed by atoms with Crippen molar-refractivity contribution in [1.29, 1.82) is 0 Å². The molecule has 0 aromatic carbocycles. The van der Waals surface area contributed by atoms with E-state index in [2.05, 4.69) is 15.4 Å². The summed E-state index contributed by atoms with van der Waals surface area (Å²) in [4.78, 5) is 11.3. The number of carboxylic acid groups (broad SMARTS) is 1. The zero-order valence-corrected chi connectivity index (χ0v) is 11.6. The Bertz CT molecular complexity index is 616. The molecule has 2 rings (SSSR count). The van der Waals surface area contributed by atoms with Crippen molar-refractivity contribution in [3.63, 3.8) is 0 Å². The summed E-state index contributed by atoms with van der Waals surface area (Å²) >= 11 is 0. The van der Waals surface area contributed by atoms with Gasteiger partial charge in [-0.3, -0.25) is 4.68 Å². The van der Waals surface area contributed by atoms with Crippen molar-refractivity contribution in [1.82, 2.24) is 24.8 Å². The van der Waals surface area contributed by atoms with Gasteiger partial charge >= 0.3 is 5.97 Å². The topological polar surface area (TPSA) is 106 Å². The van der Waals surface area contributed by atoms with Crippen molar-refractivity contribution >= 4 is 5.97 Å². The molecule has 0 saturated carbocycles. The molecule has 0 radical (unpaired) electrons. The van der Waals surface area contributed by atoms with Crippen LogP contribution in [0.1, 0.15) is 37.3 Å². The third kappa shape index (κ3) is 2.42. The molecule has 0 bridgehead atoms. The van der Waals surface area contributed by atoms with Crippen molar-refractivity contribution in [2.24, 2.45) is 0 Å². The van der Waals surface area contributed by atoms with Gasteiger partial charge in [0.2, 0.25) is 0 Å². The van der Waals surface area contributed by atoms with Crippen LogP contribution in [0.4, 0.5) is 0 Å². The molecular weight excluding hydrogens is 262 g/mol.